The second kappa shape index (κ2) is 44.0. The summed E-state index contributed by atoms with van der Waals surface area (Å²) in [7, 11) is -5.03. The summed E-state index contributed by atoms with van der Waals surface area (Å²) in [6.45, 7) is 4.14. The highest BCUT2D eigenvalue weighted by molar-refractivity contribution is 7.47. The van der Waals surface area contributed by atoms with E-state index in [0.717, 1.165) is 70.6 Å². The molecule has 0 aromatic rings. The Balaban J connectivity index is 2.35. The Labute approximate surface area is 407 Å². The Hall–Kier alpha value is -1.96. The smallest absolute Gasteiger partial charge is 0.457 e. The summed E-state index contributed by atoms with van der Waals surface area (Å²) in [6, 6.07) is 0. The molecule has 6 N–H and O–H groups in total. The Morgan fingerprint density at radius 3 is 1.33 bits per heavy atom. The average molecular weight is 969 g/mol. The number of phosphoric acid groups is 1. The second-order valence-electron chi connectivity index (χ2n) is 18.4. The van der Waals surface area contributed by atoms with Crippen LogP contribution in [0.4, 0.5) is 0 Å². The molecule has 12 nitrogen and oxygen atoms in total. The molecule has 1 aliphatic rings. The quantitative estimate of drug-likeness (QED) is 0.0147. The Kier molecular flexibility index (Phi) is 41.4. The van der Waals surface area contributed by atoms with Gasteiger partial charge in [-0.1, -0.05) is 209 Å². The lowest BCUT2D eigenvalue weighted by molar-refractivity contribution is -0.220. The van der Waals surface area contributed by atoms with E-state index in [1.165, 1.54) is 116 Å². The van der Waals surface area contributed by atoms with E-state index < -0.39 is 63.1 Å². The van der Waals surface area contributed by atoms with E-state index in [4.69, 9.17) is 18.5 Å². The molecule has 13 heteroatoms. The number of hydrogen-bond donors (Lipinski definition) is 6. The molecule has 0 aromatic heterocycles. The Morgan fingerprint density at radius 2 is 0.881 bits per heavy atom. The van der Waals surface area contributed by atoms with Gasteiger partial charge in [-0.05, 0) is 57.8 Å². The molecule has 390 valence electrons. The number of esters is 1. The van der Waals surface area contributed by atoms with Crippen LogP contribution in [0.5, 0.6) is 0 Å². The summed E-state index contributed by atoms with van der Waals surface area (Å²) in [5.74, 6) is -0.506. The van der Waals surface area contributed by atoms with E-state index in [9.17, 15) is 39.8 Å². The number of unbranched alkanes of at least 4 members (excludes halogenated alkanes) is 23. The number of phosphoric ester groups is 1. The highest BCUT2D eigenvalue weighted by atomic mass is 31.2. The molecular weight excluding hydrogens is 872 g/mol. The minimum atomic E-state index is -5.03. The molecular formula is C54H97O12P. The molecule has 1 fully saturated rings. The first-order valence-electron chi connectivity index (χ1n) is 26.6. The fourth-order valence-electron chi connectivity index (χ4n) is 7.97. The van der Waals surface area contributed by atoms with Crippen LogP contribution >= 0.6 is 7.82 Å². The van der Waals surface area contributed by atoms with Crippen molar-refractivity contribution in [2.45, 2.75) is 256 Å². The zero-order chi connectivity index (χ0) is 49.1. The number of rotatable bonds is 45. The van der Waals surface area contributed by atoms with Crippen LogP contribution in [-0.2, 0) is 27.9 Å². The summed E-state index contributed by atoms with van der Waals surface area (Å²) in [4.78, 5) is 23.2. The third-order valence-corrected chi connectivity index (χ3v) is 13.1. The molecule has 0 spiro atoms. The van der Waals surface area contributed by atoms with Crippen molar-refractivity contribution in [1.29, 1.82) is 0 Å². The van der Waals surface area contributed by atoms with E-state index in [-0.39, 0.29) is 13.0 Å². The molecule has 67 heavy (non-hydrogen) atoms. The Bertz CT molecular complexity index is 1340. The van der Waals surface area contributed by atoms with Crippen LogP contribution in [0.1, 0.15) is 213 Å². The van der Waals surface area contributed by atoms with Gasteiger partial charge in [0.15, 0.2) is 0 Å². The van der Waals surface area contributed by atoms with Crippen molar-refractivity contribution in [2.24, 2.45) is 0 Å². The van der Waals surface area contributed by atoms with Crippen molar-refractivity contribution in [3.05, 3.63) is 60.8 Å². The first-order chi connectivity index (χ1) is 32.5. The number of aliphatic hydroxyl groups excluding tert-OH is 5. The monoisotopic (exact) mass is 969 g/mol. The molecule has 1 saturated carbocycles. The summed E-state index contributed by atoms with van der Waals surface area (Å²) in [5.41, 5.74) is 0. The van der Waals surface area contributed by atoms with Gasteiger partial charge in [-0.3, -0.25) is 13.8 Å². The number of aliphatic hydroxyl groups is 5. The number of hydrogen-bond acceptors (Lipinski definition) is 11. The lowest BCUT2D eigenvalue weighted by atomic mass is 9.85. The van der Waals surface area contributed by atoms with Crippen LogP contribution in [0.2, 0.25) is 0 Å². The normalized spacial score (nSPS) is 21.7. The lowest BCUT2D eigenvalue weighted by Gasteiger charge is -2.41. The van der Waals surface area contributed by atoms with Crippen LogP contribution in [-0.4, -0.2) is 98.9 Å². The van der Waals surface area contributed by atoms with Crippen molar-refractivity contribution in [1.82, 2.24) is 0 Å². The van der Waals surface area contributed by atoms with Crippen LogP contribution < -0.4 is 0 Å². The van der Waals surface area contributed by atoms with Gasteiger partial charge in [-0.15, -0.1) is 0 Å². The molecule has 0 aromatic carbocycles. The predicted molar refractivity (Wildman–Crippen MR) is 272 cm³/mol. The molecule has 0 radical (unpaired) electrons. The van der Waals surface area contributed by atoms with Gasteiger partial charge in [0.2, 0.25) is 0 Å². The highest BCUT2D eigenvalue weighted by Gasteiger charge is 2.51. The van der Waals surface area contributed by atoms with E-state index in [0.29, 0.717) is 13.0 Å². The minimum Gasteiger partial charge on any atom is -0.457 e. The third kappa shape index (κ3) is 35.7. The molecule has 0 aliphatic heterocycles. The SMILES string of the molecule is CC/C=C\C/C=C\C/C=C\C/C=C\C/C=C\CCCCCC(=O)OC(COCCCCCCCCCCCCCCCCCCCCCCC)COP(=O)(O)OC1C(O)C(O)C(O)C(O)C1O. The predicted octanol–water partition coefficient (Wildman–Crippen LogP) is 12.1. The maximum atomic E-state index is 12.9. The Morgan fingerprint density at radius 1 is 0.493 bits per heavy atom. The molecule has 6 atom stereocenters. The third-order valence-electron chi connectivity index (χ3n) is 12.2. The van der Waals surface area contributed by atoms with Crippen molar-refractivity contribution in [3.8, 4) is 0 Å². The number of allylic oxidation sites excluding steroid dienone is 10. The summed E-state index contributed by atoms with van der Waals surface area (Å²) < 4.78 is 34.3. The zero-order valence-electron chi connectivity index (χ0n) is 41.9. The van der Waals surface area contributed by atoms with Gasteiger partial charge in [0.25, 0.3) is 0 Å². The van der Waals surface area contributed by atoms with Gasteiger partial charge < -0.3 is 39.9 Å². The lowest BCUT2D eigenvalue weighted by Crippen LogP contribution is -2.64. The summed E-state index contributed by atoms with van der Waals surface area (Å²) >= 11 is 0. The number of ether oxygens (including phenoxy) is 2. The molecule has 0 bridgehead atoms. The van der Waals surface area contributed by atoms with Gasteiger partial charge >= 0.3 is 13.8 Å². The summed E-state index contributed by atoms with van der Waals surface area (Å²) in [5, 5.41) is 50.3. The second-order valence-corrected chi connectivity index (χ2v) is 19.8. The maximum Gasteiger partial charge on any atom is 0.472 e. The maximum absolute atomic E-state index is 12.9. The molecule has 0 amide bonds. The molecule has 1 aliphatic carbocycles. The van der Waals surface area contributed by atoms with Crippen molar-refractivity contribution >= 4 is 13.8 Å². The van der Waals surface area contributed by atoms with E-state index >= 15 is 0 Å². The molecule has 6 unspecified atom stereocenters. The van der Waals surface area contributed by atoms with Gasteiger partial charge in [0.1, 0.15) is 42.7 Å². The largest absolute Gasteiger partial charge is 0.472 e. The number of carbonyl (C=O) groups excluding carboxylic acids is 1. The van der Waals surface area contributed by atoms with E-state index in [1.807, 2.05) is 0 Å². The van der Waals surface area contributed by atoms with Crippen LogP contribution in [0.15, 0.2) is 60.8 Å². The van der Waals surface area contributed by atoms with E-state index in [2.05, 4.69) is 74.6 Å². The van der Waals surface area contributed by atoms with Crippen LogP contribution in [0.3, 0.4) is 0 Å². The standard InChI is InChI=1S/C54H97O12P/c1-3-5-7-9-11-13-15-17-19-21-23-24-26-28-30-32-34-36-38-40-42-44-63-45-47(46-64-67(61,62)66-54-52(59)50(57)49(56)51(58)53(54)60)65-48(55)43-41-39-37-35-33-31-29-27-25-22-20-18-16-14-12-10-8-6-4-2/h6,8,12,14,18,20,25,27,31,33,47,49-54,56-60H,3-5,7,9-11,13,15-17,19,21-24,26,28-30,32,34-46H2,1-2H3,(H,61,62)/b8-6-,14-12-,20-18-,27-25-,33-31-. The van der Waals surface area contributed by atoms with E-state index in [1.54, 1.807) is 0 Å². The van der Waals surface area contributed by atoms with Gasteiger partial charge in [-0.2, -0.15) is 0 Å². The molecule has 0 saturated heterocycles. The molecule has 0 heterocycles. The van der Waals surface area contributed by atoms with Gasteiger partial charge in [0, 0.05) is 13.0 Å². The van der Waals surface area contributed by atoms with Crippen molar-refractivity contribution in [3.63, 3.8) is 0 Å². The first kappa shape index (κ1) is 63.1. The fraction of sp³-hybridized carbons (Fsp3) is 0.796. The zero-order valence-corrected chi connectivity index (χ0v) is 42.8. The minimum absolute atomic E-state index is 0.0900. The first-order valence-corrected chi connectivity index (χ1v) is 28.1. The van der Waals surface area contributed by atoms with Crippen molar-refractivity contribution in [2.75, 3.05) is 19.8 Å². The topological polar surface area (TPSA) is 192 Å². The molecule has 1 rings (SSSR count). The fourth-order valence-corrected chi connectivity index (χ4v) is 8.94. The van der Waals surface area contributed by atoms with Gasteiger partial charge in [-0.25, -0.2) is 4.57 Å². The van der Waals surface area contributed by atoms with Gasteiger partial charge in [0.05, 0.1) is 13.2 Å². The summed E-state index contributed by atoms with van der Waals surface area (Å²) in [6.07, 6.45) is 44.3. The van der Waals surface area contributed by atoms with Crippen LogP contribution in [0, 0.1) is 0 Å². The number of carbonyl (C=O) groups is 1. The van der Waals surface area contributed by atoms with Crippen molar-refractivity contribution < 1.29 is 58.3 Å². The van der Waals surface area contributed by atoms with Crippen LogP contribution in [0.25, 0.3) is 0 Å². The average Bonchev–Trinajstić information content (AvgIpc) is 3.31. The highest BCUT2D eigenvalue weighted by Crippen LogP contribution is 2.47.